The van der Waals surface area contributed by atoms with E-state index in [9.17, 15) is 5.11 Å². The Balaban J connectivity index is 1.63. The number of aromatic nitrogens is 2. The highest BCUT2D eigenvalue weighted by atomic mass is 32.1. The first-order valence-electron chi connectivity index (χ1n) is 7.14. The average Bonchev–Trinajstić information content (AvgIpc) is 3.10. The fraction of sp³-hybridized carbons (Fsp3) is 0.188. The average molecular weight is 310 g/mol. The Bertz CT molecular complexity index is 854. The summed E-state index contributed by atoms with van der Waals surface area (Å²) in [6.07, 6.45) is 6.74. The molecule has 0 atom stereocenters. The predicted molar refractivity (Wildman–Crippen MR) is 88.8 cm³/mol. The lowest BCUT2D eigenvalue weighted by molar-refractivity contribution is 0.475. The van der Waals surface area contributed by atoms with Crippen LogP contribution in [0.2, 0.25) is 0 Å². The minimum atomic E-state index is 0.247. The summed E-state index contributed by atoms with van der Waals surface area (Å²) in [5, 5.41) is 14.6. The van der Waals surface area contributed by atoms with E-state index < -0.39 is 0 Å². The number of nitrogens with zero attached hydrogens (tertiary/aromatic N) is 3. The molecule has 2 aromatic heterocycles. The molecule has 0 amide bonds. The van der Waals surface area contributed by atoms with Crippen LogP contribution in [0.3, 0.4) is 0 Å². The van der Waals surface area contributed by atoms with Gasteiger partial charge in [-0.25, -0.2) is 9.97 Å². The zero-order valence-electron chi connectivity index (χ0n) is 11.8. The second-order valence-corrected chi connectivity index (χ2v) is 6.30. The van der Waals surface area contributed by atoms with Crippen LogP contribution in [-0.4, -0.2) is 21.3 Å². The summed E-state index contributed by atoms with van der Waals surface area (Å²) >= 11 is 1.76. The van der Waals surface area contributed by atoms with Crippen LogP contribution in [0.15, 0.2) is 35.7 Å². The van der Waals surface area contributed by atoms with Gasteiger partial charge in [0.2, 0.25) is 0 Å². The SMILES string of the molecule is Oc1ccc(/C=N/Nc2ncnc3sc4c(c23)CCC4)cc1. The summed E-state index contributed by atoms with van der Waals surface area (Å²) in [7, 11) is 0. The largest absolute Gasteiger partial charge is 0.508 e. The lowest BCUT2D eigenvalue weighted by atomic mass is 10.2. The first-order valence-corrected chi connectivity index (χ1v) is 7.96. The normalized spacial score (nSPS) is 13.8. The molecule has 1 aliphatic rings. The van der Waals surface area contributed by atoms with E-state index in [0.29, 0.717) is 0 Å². The van der Waals surface area contributed by atoms with Gasteiger partial charge in [-0.1, -0.05) is 0 Å². The van der Waals surface area contributed by atoms with Crippen molar-refractivity contribution in [1.82, 2.24) is 9.97 Å². The number of hydrogen-bond donors (Lipinski definition) is 2. The zero-order valence-corrected chi connectivity index (χ0v) is 12.6. The van der Waals surface area contributed by atoms with Crippen molar-refractivity contribution in [3.63, 3.8) is 0 Å². The smallest absolute Gasteiger partial charge is 0.158 e. The molecule has 4 rings (SSSR count). The van der Waals surface area contributed by atoms with Crippen LogP contribution in [0.1, 0.15) is 22.4 Å². The highest BCUT2D eigenvalue weighted by Crippen LogP contribution is 2.38. The topological polar surface area (TPSA) is 70.4 Å². The van der Waals surface area contributed by atoms with Gasteiger partial charge in [0.15, 0.2) is 5.82 Å². The minimum Gasteiger partial charge on any atom is -0.508 e. The van der Waals surface area contributed by atoms with Crippen molar-refractivity contribution in [3.05, 3.63) is 46.6 Å². The molecule has 0 unspecified atom stereocenters. The molecule has 0 radical (unpaired) electrons. The molecule has 2 N–H and O–H groups in total. The van der Waals surface area contributed by atoms with Gasteiger partial charge in [0, 0.05) is 4.88 Å². The van der Waals surface area contributed by atoms with Crippen LogP contribution in [0.25, 0.3) is 10.2 Å². The van der Waals surface area contributed by atoms with Crippen LogP contribution in [-0.2, 0) is 12.8 Å². The molecule has 110 valence electrons. The Labute approximate surface area is 131 Å². The van der Waals surface area contributed by atoms with Gasteiger partial charge in [-0.2, -0.15) is 5.10 Å². The summed E-state index contributed by atoms with van der Waals surface area (Å²) in [6.45, 7) is 0. The van der Waals surface area contributed by atoms with E-state index in [1.165, 1.54) is 16.9 Å². The van der Waals surface area contributed by atoms with Crippen LogP contribution in [0, 0.1) is 0 Å². The third-order valence-electron chi connectivity index (χ3n) is 3.78. The van der Waals surface area contributed by atoms with E-state index in [-0.39, 0.29) is 5.75 Å². The second kappa shape index (κ2) is 5.38. The molecule has 0 aliphatic heterocycles. The fourth-order valence-corrected chi connectivity index (χ4v) is 3.97. The number of hydrogen-bond acceptors (Lipinski definition) is 6. The van der Waals surface area contributed by atoms with E-state index in [0.717, 1.165) is 34.4 Å². The number of benzene rings is 1. The molecule has 1 aliphatic carbocycles. The summed E-state index contributed by atoms with van der Waals surface area (Å²) in [5.41, 5.74) is 5.32. The van der Waals surface area contributed by atoms with Crippen LogP contribution >= 0.6 is 11.3 Å². The number of fused-ring (bicyclic) bond motifs is 3. The summed E-state index contributed by atoms with van der Waals surface area (Å²) < 4.78 is 0. The first-order chi connectivity index (χ1) is 10.8. The summed E-state index contributed by atoms with van der Waals surface area (Å²) in [4.78, 5) is 11.2. The predicted octanol–water partition coefficient (Wildman–Crippen LogP) is 3.33. The molecule has 0 saturated carbocycles. The molecule has 0 spiro atoms. The molecular weight excluding hydrogens is 296 g/mol. The number of aryl methyl sites for hydroxylation is 2. The van der Waals surface area contributed by atoms with Gasteiger partial charge in [0.05, 0.1) is 11.6 Å². The molecule has 5 nitrogen and oxygen atoms in total. The number of nitrogens with one attached hydrogen (secondary N) is 1. The van der Waals surface area contributed by atoms with E-state index in [1.807, 2.05) is 0 Å². The van der Waals surface area contributed by atoms with Gasteiger partial charge in [0.25, 0.3) is 0 Å². The molecular formula is C16H14N4OS. The molecule has 1 aromatic carbocycles. The standard InChI is InChI=1S/C16H14N4OS/c21-11-6-4-10(5-7-11)8-19-20-15-14-12-2-1-3-13(12)22-16(14)18-9-17-15/h4-9,21H,1-3H2,(H,17,18,20)/b19-8+. The van der Waals surface area contributed by atoms with E-state index in [2.05, 4.69) is 20.5 Å². The molecule has 3 aromatic rings. The molecule has 0 bridgehead atoms. The summed E-state index contributed by atoms with van der Waals surface area (Å²) in [5.74, 6) is 1.01. The highest BCUT2D eigenvalue weighted by molar-refractivity contribution is 7.19. The Morgan fingerprint density at radius 2 is 2.05 bits per heavy atom. The van der Waals surface area contributed by atoms with Crippen molar-refractivity contribution < 1.29 is 5.11 Å². The monoisotopic (exact) mass is 310 g/mol. The van der Waals surface area contributed by atoms with Gasteiger partial charge in [-0.05, 0) is 54.7 Å². The lowest BCUT2D eigenvalue weighted by Crippen LogP contribution is -1.96. The van der Waals surface area contributed by atoms with Crippen LogP contribution in [0.4, 0.5) is 5.82 Å². The van der Waals surface area contributed by atoms with Gasteiger partial charge < -0.3 is 5.11 Å². The zero-order chi connectivity index (χ0) is 14.9. The highest BCUT2D eigenvalue weighted by Gasteiger charge is 2.20. The Kier molecular flexibility index (Phi) is 3.23. The molecule has 22 heavy (non-hydrogen) atoms. The third kappa shape index (κ3) is 2.31. The number of anilines is 1. The number of hydrazone groups is 1. The van der Waals surface area contributed by atoms with Crippen molar-refractivity contribution in [2.45, 2.75) is 19.3 Å². The Morgan fingerprint density at radius 3 is 2.91 bits per heavy atom. The van der Waals surface area contributed by atoms with Gasteiger partial charge in [0.1, 0.15) is 16.9 Å². The Morgan fingerprint density at radius 1 is 1.18 bits per heavy atom. The molecule has 0 saturated heterocycles. The fourth-order valence-electron chi connectivity index (χ4n) is 2.74. The number of aromatic hydroxyl groups is 1. The van der Waals surface area contributed by atoms with Crippen molar-refractivity contribution in [2.24, 2.45) is 5.10 Å². The summed E-state index contributed by atoms with van der Waals surface area (Å²) in [6, 6.07) is 6.88. The molecule has 2 heterocycles. The van der Waals surface area contributed by atoms with Crippen LogP contribution in [0.5, 0.6) is 5.75 Å². The molecule has 6 heteroatoms. The van der Waals surface area contributed by atoms with Gasteiger partial charge >= 0.3 is 0 Å². The first kappa shape index (κ1) is 13.2. The van der Waals surface area contributed by atoms with E-state index >= 15 is 0 Å². The maximum absolute atomic E-state index is 9.27. The van der Waals surface area contributed by atoms with E-state index in [1.54, 1.807) is 48.1 Å². The van der Waals surface area contributed by atoms with Gasteiger partial charge in [-0.3, -0.25) is 5.43 Å². The maximum atomic E-state index is 9.27. The van der Waals surface area contributed by atoms with Gasteiger partial charge in [-0.15, -0.1) is 11.3 Å². The quantitative estimate of drug-likeness (QED) is 0.575. The number of thiophene rings is 1. The van der Waals surface area contributed by atoms with Crippen molar-refractivity contribution in [3.8, 4) is 5.75 Å². The molecule has 0 fully saturated rings. The van der Waals surface area contributed by atoms with Crippen LogP contribution < -0.4 is 5.43 Å². The minimum absolute atomic E-state index is 0.247. The van der Waals surface area contributed by atoms with Crippen molar-refractivity contribution in [2.75, 3.05) is 5.43 Å². The van der Waals surface area contributed by atoms with E-state index in [4.69, 9.17) is 0 Å². The second-order valence-electron chi connectivity index (χ2n) is 5.22. The van der Waals surface area contributed by atoms with Crippen molar-refractivity contribution >= 4 is 33.6 Å². The maximum Gasteiger partial charge on any atom is 0.158 e. The number of phenols is 1. The third-order valence-corrected chi connectivity index (χ3v) is 4.98. The lowest BCUT2D eigenvalue weighted by Gasteiger charge is -2.02. The van der Waals surface area contributed by atoms with Crippen molar-refractivity contribution in [1.29, 1.82) is 0 Å². The number of rotatable bonds is 3. The Hall–Kier alpha value is -2.47. The number of phenolic OH excluding ortho intramolecular Hbond substituents is 1.